The highest BCUT2D eigenvalue weighted by atomic mass is 79.9. The second kappa shape index (κ2) is 7.15. The van der Waals surface area contributed by atoms with E-state index in [1.807, 2.05) is 13.0 Å². The lowest BCUT2D eigenvalue weighted by atomic mass is 10.1. The molecule has 0 bridgehead atoms. The molecule has 20 heavy (non-hydrogen) atoms. The Kier molecular flexibility index (Phi) is 5.51. The van der Waals surface area contributed by atoms with E-state index in [9.17, 15) is 10.1 Å². The highest BCUT2D eigenvalue weighted by molar-refractivity contribution is 9.10. The molecule has 2 rings (SSSR count). The van der Waals surface area contributed by atoms with Crippen LogP contribution in [0.1, 0.15) is 25.3 Å². The number of ether oxygens (including phenoxy) is 1. The monoisotopic (exact) mass is 342 g/mol. The highest BCUT2D eigenvalue weighted by Gasteiger charge is 2.21. The summed E-state index contributed by atoms with van der Waals surface area (Å²) >= 11 is 3.21. The van der Waals surface area contributed by atoms with E-state index in [0.29, 0.717) is 10.6 Å². The topological polar surface area (TPSA) is 55.6 Å². The molecule has 1 atom stereocenters. The minimum atomic E-state index is -0.354. The maximum Gasteiger partial charge on any atom is 0.283 e. The number of nitro benzene ring substituents is 1. The Morgan fingerprint density at radius 2 is 2.35 bits per heavy atom. The van der Waals surface area contributed by atoms with E-state index >= 15 is 0 Å². The summed E-state index contributed by atoms with van der Waals surface area (Å²) in [5.41, 5.74) is 1.10. The van der Waals surface area contributed by atoms with Gasteiger partial charge in [0.1, 0.15) is 0 Å². The third kappa shape index (κ3) is 4.01. The van der Waals surface area contributed by atoms with E-state index in [4.69, 9.17) is 4.74 Å². The van der Waals surface area contributed by atoms with Crippen molar-refractivity contribution in [3.05, 3.63) is 38.3 Å². The Balaban J connectivity index is 2.02. The third-order valence-corrected chi connectivity index (χ3v) is 4.15. The van der Waals surface area contributed by atoms with E-state index in [0.717, 1.165) is 44.6 Å². The first-order chi connectivity index (χ1) is 9.60. The number of hydrogen-bond donors (Lipinski definition) is 0. The Morgan fingerprint density at radius 1 is 1.55 bits per heavy atom. The van der Waals surface area contributed by atoms with Gasteiger partial charge < -0.3 is 4.74 Å². The van der Waals surface area contributed by atoms with E-state index in [-0.39, 0.29) is 10.6 Å². The molecule has 1 fully saturated rings. The molecule has 0 saturated carbocycles. The van der Waals surface area contributed by atoms with Crippen molar-refractivity contribution in [1.29, 1.82) is 0 Å². The van der Waals surface area contributed by atoms with Crippen molar-refractivity contribution < 1.29 is 9.66 Å². The van der Waals surface area contributed by atoms with Crippen molar-refractivity contribution in [2.45, 2.75) is 32.4 Å². The molecule has 0 radical (unpaired) electrons. The third-order valence-electron chi connectivity index (χ3n) is 3.48. The number of rotatable bonds is 5. The molecule has 1 aliphatic heterocycles. The molecule has 1 heterocycles. The van der Waals surface area contributed by atoms with Crippen LogP contribution in [0.4, 0.5) is 5.69 Å². The highest BCUT2D eigenvalue weighted by Crippen LogP contribution is 2.26. The predicted octanol–water partition coefficient (Wildman–Crippen LogP) is 3.36. The van der Waals surface area contributed by atoms with Gasteiger partial charge in [-0.2, -0.15) is 0 Å². The molecule has 0 spiro atoms. The predicted molar refractivity (Wildman–Crippen MR) is 80.7 cm³/mol. The number of benzene rings is 1. The van der Waals surface area contributed by atoms with Crippen molar-refractivity contribution in [3.8, 4) is 0 Å². The van der Waals surface area contributed by atoms with Gasteiger partial charge in [0, 0.05) is 25.8 Å². The van der Waals surface area contributed by atoms with Gasteiger partial charge in [0.2, 0.25) is 0 Å². The van der Waals surface area contributed by atoms with Gasteiger partial charge in [-0.05, 0) is 53.9 Å². The lowest BCUT2D eigenvalue weighted by Crippen LogP contribution is -2.39. The second-order valence-electron chi connectivity index (χ2n) is 5.00. The van der Waals surface area contributed by atoms with Crippen LogP contribution in [0, 0.1) is 10.1 Å². The van der Waals surface area contributed by atoms with Crippen molar-refractivity contribution in [1.82, 2.24) is 4.90 Å². The molecule has 1 aromatic carbocycles. The smallest absolute Gasteiger partial charge is 0.283 e. The van der Waals surface area contributed by atoms with E-state index in [1.165, 1.54) is 0 Å². The fourth-order valence-electron chi connectivity index (χ4n) is 2.58. The first kappa shape index (κ1) is 15.4. The fourth-order valence-corrected chi connectivity index (χ4v) is 2.97. The zero-order valence-corrected chi connectivity index (χ0v) is 13.1. The largest absolute Gasteiger partial charge is 0.377 e. The van der Waals surface area contributed by atoms with Crippen molar-refractivity contribution in [2.75, 3.05) is 19.7 Å². The minimum absolute atomic E-state index is 0.126. The second-order valence-corrected chi connectivity index (χ2v) is 5.85. The lowest BCUT2D eigenvalue weighted by Gasteiger charge is -2.32. The van der Waals surface area contributed by atoms with Crippen LogP contribution in [0.5, 0.6) is 0 Å². The molecule has 110 valence electrons. The first-order valence-corrected chi connectivity index (χ1v) is 7.66. The summed E-state index contributed by atoms with van der Waals surface area (Å²) in [6.07, 6.45) is 2.51. The minimum Gasteiger partial charge on any atom is -0.377 e. The Bertz CT molecular complexity index is 479. The van der Waals surface area contributed by atoms with Gasteiger partial charge in [-0.25, -0.2) is 0 Å². The zero-order chi connectivity index (χ0) is 14.5. The summed E-state index contributed by atoms with van der Waals surface area (Å²) in [7, 11) is 0. The van der Waals surface area contributed by atoms with Crippen LogP contribution in [0.2, 0.25) is 0 Å². The molecular formula is C14H19BrN2O3. The average molecular weight is 343 g/mol. The summed E-state index contributed by atoms with van der Waals surface area (Å²) < 4.78 is 6.20. The Labute approximate surface area is 127 Å². The van der Waals surface area contributed by atoms with Crippen LogP contribution in [-0.4, -0.2) is 35.6 Å². The van der Waals surface area contributed by atoms with Crippen LogP contribution < -0.4 is 0 Å². The molecule has 0 aliphatic carbocycles. The first-order valence-electron chi connectivity index (χ1n) is 6.87. The quantitative estimate of drug-likeness (QED) is 0.608. The average Bonchev–Trinajstić information content (AvgIpc) is 2.41. The summed E-state index contributed by atoms with van der Waals surface area (Å²) in [6.45, 7) is 5.40. The normalized spacial score (nSPS) is 20.0. The zero-order valence-electron chi connectivity index (χ0n) is 11.5. The van der Waals surface area contributed by atoms with Gasteiger partial charge >= 0.3 is 0 Å². The molecular weight excluding hydrogens is 324 g/mol. The lowest BCUT2D eigenvalue weighted by molar-refractivity contribution is -0.385. The molecule has 5 nitrogen and oxygen atoms in total. The van der Waals surface area contributed by atoms with E-state index in [2.05, 4.69) is 20.8 Å². The van der Waals surface area contributed by atoms with Crippen molar-refractivity contribution in [3.63, 3.8) is 0 Å². The van der Waals surface area contributed by atoms with Crippen LogP contribution in [0.3, 0.4) is 0 Å². The number of halogens is 1. The molecule has 1 unspecified atom stereocenters. The SMILES string of the molecule is CCOC1CCCN(Cc2ccc(Br)c([N+](=O)[O-])c2)C1. The molecule has 0 N–H and O–H groups in total. The van der Waals surface area contributed by atoms with Crippen LogP contribution in [0.25, 0.3) is 0 Å². The summed E-state index contributed by atoms with van der Waals surface area (Å²) in [4.78, 5) is 12.9. The molecule has 1 saturated heterocycles. The number of piperidine rings is 1. The van der Waals surface area contributed by atoms with Crippen molar-refractivity contribution >= 4 is 21.6 Å². The standard InChI is InChI=1S/C14H19BrN2O3/c1-2-20-12-4-3-7-16(10-12)9-11-5-6-13(15)14(8-11)17(18)19/h5-6,8,12H,2-4,7,9-10H2,1H3. The van der Waals surface area contributed by atoms with Gasteiger partial charge in [-0.3, -0.25) is 15.0 Å². The van der Waals surface area contributed by atoms with Gasteiger partial charge in [0.25, 0.3) is 5.69 Å². The number of likely N-dealkylation sites (tertiary alicyclic amines) is 1. The fraction of sp³-hybridized carbons (Fsp3) is 0.571. The number of nitrogens with zero attached hydrogens (tertiary/aromatic N) is 2. The van der Waals surface area contributed by atoms with Crippen LogP contribution in [0.15, 0.2) is 22.7 Å². The summed E-state index contributed by atoms with van der Waals surface area (Å²) in [5.74, 6) is 0. The summed E-state index contributed by atoms with van der Waals surface area (Å²) in [6, 6.07) is 5.33. The van der Waals surface area contributed by atoms with E-state index in [1.54, 1.807) is 12.1 Å². The van der Waals surface area contributed by atoms with E-state index < -0.39 is 0 Å². The van der Waals surface area contributed by atoms with Gasteiger partial charge in [0.15, 0.2) is 0 Å². The maximum atomic E-state index is 10.9. The molecule has 6 heteroatoms. The Morgan fingerprint density at radius 3 is 3.05 bits per heavy atom. The van der Waals surface area contributed by atoms with Crippen LogP contribution in [-0.2, 0) is 11.3 Å². The van der Waals surface area contributed by atoms with Crippen LogP contribution >= 0.6 is 15.9 Å². The Hall–Kier alpha value is -0.980. The summed E-state index contributed by atoms with van der Waals surface area (Å²) in [5, 5.41) is 10.9. The van der Waals surface area contributed by atoms with Gasteiger partial charge in [-0.15, -0.1) is 0 Å². The molecule has 1 aromatic rings. The maximum absolute atomic E-state index is 10.9. The van der Waals surface area contributed by atoms with Gasteiger partial charge in [-0.1, -0.05) is 6.07 Å². The van der Waals surface area contributed by atoms with Crippen molar-refractivity contribution in [2.24, 2.45) is 0 Å². The molecule has 0 aromatic heterocycles. The van der Waals surface area contributed by atoms with Gasteiger partial charge in [0.05, 0.1) is 15.5 Å². The number of nitro groups is 1. The number of hydrogen-bond acceptors (Lipinski definition) is 4. The molecule has 1 aliphatic rings. The molecule has 0 amide bonds.